The van der Waals surface area contributed by atoms with E-state index in [2.05, 4.69) is 5.32 Å². The Morgan fingerprint density at radius 3 is 2.78 bits per heavy atom. The van der Waals surface area contributed by atoms with E-state index in [1.165, 1.54) is 18.6 Å². The maximum atomic E-state index is 12.8. The highest BCUT2D eigenvalue weighted by Crippen LogP contribution is 2.30. The molecule has 0 radical (unpaired) electrons. The molecule has 96 valence electrons. The van der Waals surface area contributed by atoms with Crippen LogP contribution in [0.15, 0.2) is 24.3 Å². The number of carbonyl (C=O) groups is 1. The Labute approximate surface area is 106 Å². The molecule has 1 N–H and O–H groups in total. The lowest BCUT2D eigenvalue weighted by molar-refractivity contribution is -0.129. The Balaban J connectivity index is 1.73. The normalized spacial score (nSPS) is 27.2. The van der Waals surface area contributed by atoms with Gasteiger partial charge in [0.05, 0.1) is 12.1 Å². The van der Waals surface area contributed by atoms with Crippen molar-refractivity contribution < 1.29 is 9.18 Å². The Morgan fingerprint density at radius 2 is 2.00 bits per heavy atom. The Bertz CT molecular complexity index is 446. The molecule has 1 aromatic rings. The van der Waals surface area contributed by atoms with Crippen LogP contribution in [0.5, 0.6) is 0 Å². The van der Waals surface area contributed by atoms with Crippen molar-refractivity contribution >= 4 is 11.6 Å². The van der Waals surface area contributed by atoms with Gasteiger partial charge in [0.25, 0.3) is 0 Å². The van der Waals surface area contributed by atoms with Gasteiger partial charge in [-0.2, -0.15) is 0 Å². The van der Waals surface area contributed by atoms with Crippen LogP contribution < -0.4 is 5.32 Å². The van der Waals surface area contributed by atoms with Crippen LogP contribution >= 0.6 is 0 Å². The summed E-state index contributed by atoms with van der Waals surface area (Å²) in [6.45, 7) is 0.894. The summed E-state index contributed by atoms with van der Waals surface area (Å²) in [5.41, 5.74) is 0.890. The molecule has 0 spiro atoms. The van der Waals surface area contributed by atoms with E-state index in [0.29, 0.717) is 12.5 Å². The van der Waals surface area contributed by atoms with Crippen LogP contribution in [0.25, 0.3) is 0 Å². The zero-order chi connectivity index (χ0) is 12.5. The number of benzene rings is 1. The van der Waals surface area contributed by atoms with Gasteiger partial charge in [-0.1, -0.05) is 0 Å². The summed E-state index contributed by atoms with van der Waals surface area (Å²) in [6, 6.07) is 6.83. The number of halogens is 1. The van der Waals surface area contributed by atoms with E-state index < -0.39 is 0 Å². The van der Waals surface area contributed by atoms with Crippen LogP contribution in [-0.2, 0) is 4.79 Å². The van der Waals surface area contributed by atoms with Gasteiger partial charge in [-0.15, -0.1) is 0 Å². The summed E-state index contributed by atoms with van der Waals surface area (Å²) >= 11 is 0. The van der Waals surface area contributed by atoms with Crippen molar-refractivity contribution in [1.82, 2.24) is 4.90 Å². The second kappa shape index (κ2) is 4.59. The van der Waals surface area contributed by atoms with Crippen molar-refractivity contribution in [3.63, 3.8) is 0 Å². The maximum absolute atomic E-state index is 12.8. The van der Waals surface area contributed by atoms with Gasteiger partial charge in [-0.05, 0) is 43.5 Å². The van der Waals surface area contributed by atoms with E-state index in [9.17, 15) is 9.18 Å². The molecule has 2 atom stereocenters. The highest BCUT2D eigenvalue weighted by Gasteiger charge is 2.40. The van der Waals surface area contributed by atoms with Crippen LogP contribution in [0, 0.1) is 5.82 Å². The number of fused-ring (bicyclic) bond motifs is 1. The van der Waals surface area contributed by atoms with Gasteiger partial charge < -0.3 is 10.2 Å². The van der Waals surface area contributed by atoms with E-state index in [1.54, 1.807) is 12.1 Å². The summed E-state index contributed by atoms with van der Waals surface area (Å²) in [4.78, 5) is 13.9. The summed E-state index contributed by atoms with van der Waals surface area (Å²) in [7, 11) is 0. The first-order valence-corrected chi connectivity index (χ1v) is 6.55. The van der Waals surface area contributed by atoms with Gasteiger partial charge in [0, 0.05) is 18.7 Å². The van der Waals surface area contributed by atoms with Crippen LogP contribution in [0.4, 0.5) is 10.1 Å². The van der Waals surface area contributed by atoms with Gasteiger partial charge in [0.1, 0.15) is 5.82 Å². The zero-order valence-corrected chi connectivity index (χ0v) is 10.2. The Morgan fingerprint density at radius 1 is 1.22 bits per heavy atom. The number of nitrogens with one attached hydrogen (secondary N) is 1. The molecule has 2 fully saturated rings. The highest BCUT2D eigenvalue weighted by molar-refractivity contribution is 5.81. The third-order valence-electron chi connectivity index (χ3n) is 3.92. The predicted octanol–water partition coefficient (Wildman–Crippen LogP) is 2.39. The SMILES string of the molecule is O=C1CC(Nc2ccc(F)cc2)C2CCCCN12. The topological polar surface area (TPSA) is 32.3 Å². The zero-order valence-electron chi connectivity index (χ0n) is 10.2. The molecule has 2 aliphatic heterocycles. The van der Waals surface area contributed by atoms with Gasteiger partial charge in [0.2, 0.25) is 5.91 Å². The molecule has 3 rings (SSSR count). The second-order valence-corrected chi connectivity index (χ2v) is 5.11. The smallest absolute Gasteiger partial charge is 0.225 e. The molecule has 1 amide bonds. The summed E-state index contributed by atoms with van der Waals surface area (Å²) < 4.78 is 12.8. The number of rotatable bonds is 2. The van der Waals surface area contributed by atoms with E-state index in [-0.39, 0.29) is 17.8 Å². The summed E-state index contributed by atoms with van der Waals surface area (Å²) in [5, 5.41) is 3.37. The van der Waals surface area contributed by atoms with Gasteiger partial charge >= 0.3 is 0 Å². The van der Waals surface area contributed by atoms with E-state index >= 15 is 0 Å². The minimum Gasteiger partial charge on any atom is -0.380 e. The number of nitrogens with zero attached hydrogens (tertiary/aromatic N) is 1. The Kier molecular flexibility index (Phi) is 2.94. The van der Waals surface area contributed by atoms with Gasteiger partial charge in [-0.3, -0.25) is 4.79 Å². The lowest BCUT2D eigenvalue weighted by atomic mass is 9.99. The first-order valence-electron chi connectivity index (χ1n) is 6.55. The number of hydrogen-bond donors (Lipinski definition) is 1. The number of amides is 1. The van der Waals surface area contributed by atoms with E-state index in [4.69, 9.17) is 0 Å². The van der Waals surface area contributed by atoms with E-state index in [0.717, 1.165) is 25.1 Å². The molecule has 0 bridgehead atoms. The lowest BCUT2D eigenvalue weighted by Crippen LogP contribution is -2.42. The van der Waals surface area contributed by atoms with Gasteiger partial charge in [-0.25, -0.2) is 4.39 Å². The molecule has 18 heavy (non-hydrogen) atoms. The van der Waals surface area contributed by atoms with Crippen LogP contribution in [0.3, 0.4) is 0 Å². The van der Waals surface area contributed by atoms with Gasteiger partial charge in [0.15, 0.2) is 0 Å². The van der Waals surface area contributed by atoms with Crippen LogP contribution in [0.1, 0.15) is 25.7 Å². The quantitative estimate of drug-likeness (QED) is 0.871. The minimum absolute atomic E-state index is 0.170. The van der Waals surface area contributed by atoms with E-state index in [1.807, 2.05) is 4.90 Å². The molecule has 0 aromatic heterocycles. The number of hydrogen-bond acceptors (Lipinski definition) is 2. The fraction of sp³-hybridized carbons (Fsp3) is 0.500. The summed E-state index contributed by atoms with van der Waals surface area (Å²) in [5.74, 6) is 0.0154. The van der Waals surface area contributed by atoms with Crippen molar-refractivity contribution in [2.75, 3.05) is 11.9 Å². The fourth-order valence-corrected chi connectivity index (χ4v) is 3.03. The second-order valence-electron chi connectivity index (χ2n) is 5.11. The molecule has 2 unspecified atom stereocenters. The Hall–Kier alpha value is -1.58. The average molecular weight is 248 g/mol. The molecular formula is C14H17FN2O. The number of anilines is 1. The molecular weight excluding hydrogens is 231 g/mol. The fourth-order valence-electron chi connectivity index (χ4n) is 3.03. The average Bonchev–Trinajstić information content (AvgIpc) is 2.70. The molecule has 1 aromatic carbocycles. The first-order chi connectivity index (χ1) is 8.74. The lowest BCUT2D eigenvalue weighted by Gasteiger charge is -2.32. The molecule has 2 aliphatic rings. The van der Waals surface area contributed by atoms with Crippen molar-refractivity contribution in [2.24, 2.45) is 0 Å². The third-order valence-corrected chi connectivity index (χ3v) is 3.92. The maximum Gasteiger partial charge on any atom is 0.225 e. The van der Waals surface area contributed by atoms with Crippen molar-refractivity contribution in [1.29, 1.82) is 0 Å². The highest BCUT2D eigenvalue weighted by atomic mass is 19.1. The molecule has 3 nitrogen and oxygen atoms in total. The first kappa shape index (κ1) is 11.5. The largest absolute Gasteiger partial charge is 0.380 e. The molecule has 0 aliphatic carbocycles. The summed E-state index contributed by atoms with van der Waals surface area (Å²) in [6.07, 6.45) is 3.94. The molecule has 0 saturated carbocycles. The van der Waals surface area contributed by atoms with Crippen LogP contribution in [-0.4, -0.2) is 29.4 Å². The monoisotopic (exact) mass is 248 g/mol. The molecule has 4 heteroatoms. The minimum atomic E-state index is -0.234. The number of carbonyl (C=O) groups excluding carboxylic acids is 1. The third kappa shape index (κ3) is 2.07. The molecule has 2 heterocycles. The van der Waals surface area contributed by atoms with Crippen molar-refractivity contribution in [2.45, 2.75) is 37.8 Å². The van der Waals surface area contributed by atoms with Crippen molar-refractivity contribution in [3.05, 3.63) is 30.1 Å². The number of piperidine rings is 1. The van der Waals surface area contributed by atoms with Crippen LogP contribution in [0.2, 0.25) is 0 Å². The standard InChI is InChI=1S/C14H17FN2O/c15-10-4-6-11(7-5-10)16-12-9-14(18)17-8-2-1-3-13(12)17/h4-7,12-13,16H,1-3,8-9H2. The predicted molar refractivity (Wildman–Crippen MR) is 67.8 cm³/mol. The van der Waals surface area contributed by atoms with Crippen molar-refractivity contribution in [3.8, 4) is 0 Å². The molecule has 2 saturated heterocycles.